The average molecular weight is 457 g/mol. The summed E-state index contributed by atoms with van der Waals surface area (Å²) in [5.41, 5.74) is 0.704. The van der Waals surface area contributed by atoms with Gasteiger partial charge in [0.1, 0.15) is 11.5 Å². The molecular formula is C18H19Br2NO3. The van der Waals surface area contributed by atoms with Gasteiger partial charge in [0, 0.05) is 10.2 Å². The summed E-state index contributed by atoms with van der Waals surface area (Å²) in [5, 5.41) is 2.79. The lowest BCUT2D eigenvalue weighted by atomic mass is 10.2. The topological polar surface area (TPSA) is 47.6 Å². The number of benzene rings is 2. The second-order valence-corrected chi connectivity index (χ2v) is 7.41. The predicted octanol–water partition coefficient (Wildman–Crippen LogP) is 5.26. The molecule has 128 valence electrons. The van der Waals surface area contributed by atoms with Crippen molar-refractivity contribution in [3.05, 3.63) is 51.4 Å². The van der Waals surface area contributed by atoms with Crippen LogP contribution in [0.15, 0.2) is 51.4 Å². The number of carbonyl (C=O) groups is 1. The molecule has 1 amide bonds. The molecule has 0 aliphatic rings. The van der Waals surface area contributed by atoms with Crippen molar-refractivity contribution in [2.24, 2.45) is 5.92 Å². The molecule has 2 aromatic rings. The number of ether oxygens (including phenoxy) is 2. The van der Waals surface area contributed by atoms with E-state index < -0.39 is 0 Å². The summed E-state index contributed by atoms with van der Waals surface area (Å²) in [4.78, 5) is 12.0. The molecule has 2 rings (SSSR count). The van der Waals surface area contributed by atoms with E-state index in [4.69, 9.17) is 9.47 Å². The van der Waals surface area contributed by atoms with E-state index in [0.29, 0.717) is 24.0 Å². The summed E-state index contributed by atoms with van der Waals surface area (Å²) in [6.45, 7) is 4.80. The van der Waals surface area contributed by atoms with Gasteiger partial charge < -0.3 is 14.8 Å². The number of nitrogens with one attached hydrogen (secondary N) is 1. The fraction of sp³-hybridized carbons (Fsp3) is 0.278. The zero-order valence-electron chi connectivity index (χ0n) is 13.5. The van der Waals surface area contributed by atoms with Crippen LogP contribution >= 0.6 is 31.9 Å². The smallest absolute Gasteiger partial charge is 0.262 e. The van der Waals surface area contributed by atoms with Gasteiger partial charge in [-0.15, -0.1) is 0 Å². The number of hydrogen-bond acceptors (Lipinski definition) is 3. The first-order valence-corrected chi connectivity index (χ1v) is 9.13. The molecule has 0 saturated carbocycles. The minimum atomic E-state index is -0.222. The van der Waals surface area contributed by atoms with Crippen molar-refractivity contribution in [3.63, 3.8) is 0 Å². The average Bonchev–Trinajstić information content (AvgIpc) is 2.53. The summed E-state index contributed by atoms with van der Waals surface area (Å²) in [6.07, 6.45) is 0. The number of amides is 1. The van der Waals surface area contributed by atoms with Crippen molar-refractivity contribution >= 4 is 43.5 Å². The van der Waals surface area contributed by atoms with Gasteiger partial charge in [-0.1, -0.05) is 29.8 Å². The SMILES string of the molecule is CC(C)COc1ccc(NC(=O)COc2ccc(Br)cc2Br)cc1. The van der Waals surface area contributed by atoms with Gasteiger partial charge in [0.25, 0.3) is 5.91 Å². The van der Waals surface area contributed by atoms with E-state index in [9.17, 15) is 4.79 Å². The monoisotopic (exact) mass is 455 g/mol. The van der Waals surface area contributed by atoms with Gasteiger partial charge >= 0.3 is 0 Å². The third kappa shape index (κ3) is 6.17. The normalized spacial score (nSPS) is 10.5. The maximum atomic E-state index is 12.0. The van der Waals surface area contributed by atoms with E-state index in [0.717, 1.165) is 14.7 Å². The van der Waals surface area contributed by atoms with Crippen molar-refractivity contribution < 1.29 is 14.3 Å². The third-order valence-corrected chi connectivity index (χ3v) is 4.09. The Morgan fingerprint density at radius 1 is 1.08 bits per heavy atom. The van der Waals surface area contributed by atoms with Gasteiger partial charge in [0.05, 0.1) is 11.1 Å². The Kier molecular flexibility index (Phi) is 7.12. The van der Waals surface area contributed by atoms with Crippen molar-refractivity contribution in [2.45, 2.75) is 13.8 Å². The van der Waals surface area contributed by atoms with E-state index in [1.807, 2.05) is 36.4 Å². The van der Waals surface area contributed by atoms with Crippen LogP contribution in [0.1, 0.15) is 13.8 Å². The van der Waals surface area contributed by atoms with Crippen LogP contribution in [-0.2, 0) is 4.79 Å². The van der Waals surface area contributed by atoms with Crippen LogP contribution in [0, 0.1) is 5.92 Å². The molecule has 0 atom stereocenters. The third-order valence-electron chi connectivity index (χ3n) is 2.97. The highest BCUT2D eigenvalue weighted by Gasteiger charge is 2.07. The second kappa shape index (κ2) is 9.08. The predicted molar refractivity (Wildman–Crippen MR) is 103 cm³/mol. The van der Waals surface area contributed by atoms with Crippen molar-refractivity contribution in [1.29, 1.82) is 0 Å². The Morgan fingerprint density at radius 2 is 1.79 bits per heavy atom. The highest BCUT2D eigenvalue weighted by atomic mass is 79.9. The van der Waals surface area contributed by atoms with E-state index >= 15 is 0 Å². The zero-order valence-corrected chi connectivity index (χ0v) is 16.7. The number of halogens is 2. The highest BCUT2D eigenvalue weighted by molar-refractivity contribution is 9.11. The van der Waals surface area contributed by atoms with Crippen LogP contribution in [-0.4, -0.2) is 19.1 Å². The van der Waals surface area contributed by atoms with Crippen LogP contribution in [0.5, 0.6) is 11.5 Å². The number of rotatable bonds is 7. The molecule has 0 aromatic heterocycles. The summed E-state index contributed by atoms with van der Waals surface area (Å²) in [5.74, 6) is 1.66. The summed E-state index contributed by atoms with van der Waals surface area (Å²) in [6, 6.07) is 12.8. The zero-order chi connectivity index (χ0) is 17.5. The van der Waals surface area contributed by atoms with Crippen molar-refractivity contribution in [3.8, 4) is 11.5 Å². The van der Waals surface area contributed by atoms with E-state index in [1.165, 1.54) is 0 Å². The van der Waals surface area contributed by atoms with E-state index in [1.54, 1.807) is 6.07 Å². The van der Waals surface area contributed by atoms with Gasteiger partial charge in [-0.2, -0.15) is 0 Å². The molecule has 24 heavy (non-hydrogen) atoms. The molecular weight excluding hydrogens is 438 g/mol. The molecule has 4 nitrogen and oxygen atoms in total. The highest BCUT2D eigenvalue weighted by Crippen LogP contribution is 2.28. The molecule has 1 N–H and O–H groups in total. The lowest BCUT2D eigenvalue weighted by Gasteiger charge is -2.11. The first-order chi connectivity index (χ1) is 11.4. The van der Waals surface area contributed by atoms with Crippen LogP contribution < -0.4 is 14.8 Å². The summed E-state index contributed by atoms with van der Waals surface area (Å²) >= 11 is 6.77. The molecule has 0 aliphatic heterocycles. The Balaban J connectivity index is 1.83. The second-order valence-electron chi connectivity index (χ2n) is 5.64. The van der Waals surface area contributed by atoms with E-state index in [-0.39, 0.29) is 12.5 Å². The fourth-order valence-electron chi connectivity index (χ4n) is 1.83. The molecule has 0 fully saturated rings. The summed E-state index contributed by atoms with van der Waals surface area (Å²) < 4.78 is 12.8. The fourth-order valence-corrected chi connectivity index (χ4v) is 2.99. The Labute approximate surface area is 158 Å². The van der Waals surface area contributed by atoms with Crippen LogP contribution in [0.2, 0.25) is 0 Å². The Hall–Kier alpha value is -1.53. The van der Waals surface area contributed by atoms with Crippen LogP contribution in [0.25, 0.3) is 0 Å². The number of hydrogen-bond donors (Lipinski definition) is 1. The summed E-state index contributed by atoms with van der Waals surface area (Å²) in [7, 11) is 0. The Bertz CT molecular complexity index is 687. The lowest BCUT2D eigenvalue weighted by molar-refractivity contribution is -0.118. The molecule has 0 unspecified atom stereocenters. The molecule has 6 heteroatoms. The maximum absolute atomic E-state index is 12.0. The Morgan fingerprint density at radius 3 is 2.42 bits per heavy atom. The maximum Gasteiger partial charge on any atom is 0.262 e. The van der Waals surface area contributed by atoms with Crippen molar-refractivity contribution in [2.75, 3.05) is 18.5 Å². The number of anilines is 1. The molecule has 0 saturated heterocycles. The standard InChI is InChI=1S/C18H19Br2NO3/c1-12(2)10-23-15-6-4-14(5-7-15)21-18(22)11-24-17-8-3-13(19)9-16(17)20/h3-9,12H,10-11H2,1-2H3,(H,21,22). The molecule has 0 radical (unpaired) electrons. The van der Waals surface area contributed by atoms with Gasteiger partial charge in [-0.25, -0.2) is 0 Å². The van der Waals surface area contributed by atoms with Crippen molar-refractivity contribution in [1.82, 2.24) is 0 Å². The van der Waals surface area contributed by atoms with Crippen LogP contribution in [0.4, 0.5) is 5.69 Å². The number of carbonyl (C=O) groups excluding carboxylic acids is 1. The quantitative estimate of drug-likeness (QED) is 0.617. The lowest BCUT2D eigenvalue weighted by Crippen LogP contribution is -2.20. The largest absolute Gasteiger partial charge is 0.493 e. The molecule has 2 aromatic carbocycles. The minimum Gasteiger partial charge on any atom is -0.493 e. The molecule has 0 aliphatic carbocycles. The van der Waals surface area contributed by atoms with Gasteiger partial charge in [-0.05, 0) is 64.3 Å². The van der Waals surface area contributed by atoms with E-state index in [2.05, 4.69) is 51.0 Å². The molecule has 0 spiro atoms. The van der Waals surface area contributed by atoms with Gasteiger partial charge in [0.2, 0.25) is 0 Å². The molecule has 0 bridgehead atoms. The molecule has 0 heterocycles. The van der Waals surface area contributed by atoms with Gasteiger partial charge in [-0.3, -0.25) is 4.79 Å². The first kappa shape index (κ1) is 18.8. The minimum absolute atomic E-state index is 0.0637. The van der Waals surface area contributed by atoms with Gasteiger partial charge in [0.15, 0.2) is 6.61 Å². The van der Waals surface area contributed by atoms with Crippen LogP contribution in [0.3, 0.4) is 0 Å². The first-order valence-electron chi connectivity index (χ1n) is 7.54.